The van der Waals surface area contributed by atoms with Gasteiger partial charge in [-0.05, 0) is 48.7 Å². The second kappa shape index (κ2) is 3.68. The molecule has 1 heterocycles. The first-order valence-corrected chi connectivity index (χ1v) is 5.03. The van der Waals surface area contributed by atoms with Crippen LogP contribution < -0.4 is 0 Å². The topological polar surface area (TPSA) is 36.5 Å². The zero-order chi connectivity index (χ0) is 10.1. The predicted molar refractivity (Wildman–Crippen MR) is 61.1 cm³/mol. The maximum atomic E-state index is 5.78. The zero-order valence-corrected chi connectivity index (χ0v) is 9.34. The Bertz CT molecular complexity index is 521. The second-order valence-electron chi connectivity index (χ2n) is 2.67. The van der Waals surface area contributed by atoms with Crippen molar-refractivity contribution < 1.29 is 0 Å². The molecule has 1 aromatic carbocycles. The molecular weight excluding hydrogens is 238 g/mol. The number of nitrogens with one attached hydrogen (secondary N) is 2. The van der Waals surface area contributed by atoms with Gasteiger partial charge in [0.2, 0.25) is 0 Å². The van der Waals surface area contributed by atoms with E-state index in [-0.39, 0.29) is 0 Å². The highest BCUT2D eigenvalue weighted by Gasteiger charge is 1.99. The standard InChI is InChI=1S/C8H6ClN3S2/c9-5-1-3-6(4-2-5)12-7(13)10-11-8(12)14/h1-4H,(H,10,13)(H,11,14). The Hall–Kier alpha value is -0.910. The third-order valence-corrected chi connectivity index (χ3v) is 2.59. The average Bonchev–Trinajstić information content (AvgIpc) is 2.49. The Labute approximate surface area is 95.3 Å². The molecular formula is C8H6ClN3S2. The van der Waals surface area contributed by atoms with Gasteiger partial charge in [0.1, 0.15) is 0 Å². The summed E-state index contributed by atoms with van der Waals surface area (Å²) in [5.74, 6) is 0. The van der Waals surface area contributed by atoms with E-state index in [2.05, 4.69) is 10.2 Å². The number of H-pyrrole nitrogens is 2. The van der Waals surface area contributed by atoms with E-state index in [0.29, 0.717) is 14.6 Å². The molecule has 0 saturated carbocycles. The highest BCUT2D eigenvalue weighted by Crippen LogP contribution is 2.13. The van der Waals surface area contributed by atoms with E-state index < -0.39 is 0 Å². The third kappa shape index (κ3) is 1.66. The fraction of sp³-hybridized carbons (Fsp3) is 0. The maximum Gasteiger partial charge on any atom is 0.198 e. The predicted octanol–water partition coefficient (Wildman–Crippen LogP) is 3.25. The Morgan fingerprint density at radius 3 is 2.00 bits per heavy atom. The van der Waals surface area contributed by atoms with Gasteiger partial charge < -0.3 is 0 Å². The minimum atomic E-state index is 0.539. The Morgan fingerprint density at radius 2 is 1.50 bits per heavy atom. The van der Waals surface area contributed by atoms with Crippen LogP contribution in [0.2, 0.25) is 5.02 Å². The largest absolute Gasteiger partial charge is 0.274 e. The van der Waals surface area contributed by atoms with E-state index in [1.807, 2.05) is 12.1 Å². The Balaban J connectivity index is 2.66. The zero-order valence-electron chi connectivity index (χ0n) is 6.95. The summed E-state index contributed by atoms with van der Waals surface area (Å²) >= 11 is 15.9. The summed E-state index contributed by atoms with van der Waals surface area (Å²) in [4.78, 5) is 0. The molecule has 0 aliphatic rings. The molecule has 3 nitrogen and oxygen atoms in total. The molecule has 0 saturated heterocycles. The molecule has 0 aliphatic heterocycles. The van der Waals surface area contributed by atoms with Crippen molar-refractivity contribution in [3.05, 3.63) is 38.8 Å². The minimum Gasteiger partial charge on any atom is -0.274 e. The van der Waals surface area contributed by atoms with Crippen LogP contribution in [0.1, 0.15) is 0 Å². The van der Waals surface area contributed by atoms with Gasteiger partial charge in [0.05, 0.1) is 5.69 Å². The Kier molecular flexibility index (Phi) is 2.54. The van der Waals surface area contributed by atoms with Gasteiger partial charge in [-0.3, -0.25) is 14.8 Å². The van der Waals surface area contributed by atoms with E-state index in [4.69, 9.17) is 36.0 Å². The lowest BCUT2D eigenvalue weighted by Gasteiger charge is -2.00. The second-order valence-corrected chi connectivity index (χ2v) is 3.88. The highest BCUT2D eigenvalue weighted by molar-refractivity contribution is 7.72. The minimum absolute atomic E-state index is 0.539. The van der Waals surface area contributed by atoms with Gasteiger partial charge in [-0.15, -0.1) is 0 Å². The molecule has 1 aromatic heterocycles. The molecule has 0 radical (unpaired) electrons. The van der Waals surface area contributed by atoms with Gasteiger partial charge in [0, 0.05) is 5.02 Å². The number of benzene rings is 1. The molecule has 0 amide bonds. The van der Waals surface area contributed by atoms with Crippen LogP contribution in [0.4, 0.5) is 0 Å². The van der Waals surface area contributed by atoms with E-state index in [0.717, 1.165) is 5.69 Å². The normalized spacial score (nSPS) is 10.4. The van der Waals surface area contributed by atoms with Crippen LogP contribution in [0.3, 0.4) is 0 Å². The van der Waals surface area contributed by atoms with Crippen molar-refractivity contribution in [2.24, 2.45) is 0 Å². The first-order valence-electron chi connectivity index (χ1n) is 3.84. The van der Waals surface area contributed by atoms with Crippen LogP contribution in [-0.4, -0.2) is 14.8 Å². The smallest absolute Gasteiger partial charge is 0.198 e. The van der Waals surface area contributed by atoms with Crippen molar-refractivity contribution in [3.63, 3.8) is 0 Å². The number of halogens is 1. The van der Waals surface area contributed by atoms with Crippen molar-refractivity contribution in [2.45, 2.75) is 0 Å². The number of nitrogens with zero attached hydrogens (tertiary/aromatic N) is 1. The molecule has 0 spiro atoms. The summed E-state index contributed by atoms with van der Waals surface area (Å²) in [6.07, 6.45) is 0. The summed E-state index contributed by atoms with van der Waals surface area (Å²) in [6, 6.07) is 7.30. The van der Waals surface area contributed by atoms with Crippen LogP contribution in [-0.2, 0) is 0 Å². The molecule has 0 fully saturated rings. The molecule has 2 N–H and O–H groups in total. The molecule has 2 rings (SSSR count). The van der Waals surface area contributed by atoms with Crippen molar-refractivity contribution in [1.82, 2.24) is 14.8 Å². The molecule has 14 heavy (non-hydrogen) atoms. The van der Waals surface area contributed by atoms with Crippen LogP contribution >= 0.6 is 36.0 Å². The molecule has 0 aliphatic carbocycles. The van der Waals surface area contributed by atoms with Gasteiger partial charge in [-0.2, -0.15) is 0 Å². The fourth-order valence-corrected chi connectivity index (χ4v) is 1.81. The molecule has 2 aromatic rings. The lowest BCUT2D eigenvalue weighted by molar-refractivity contribution is 1.02. The van der Waals surface area contributed by atoms with Crippen molar-refractivity contribution in [3.8, 4) is 5.69 Å². The molecule has 0 atom stereocenters. The van der Waals surface area contributed by atoms with Gasteiger partial charge in [0.15, 0.2) is 9.54 Å². The number of hydrogen-bond acceptors (Lipinski definition) is 2. The molecule has 0 bridgehead atoms. The monoisotopic (exact) mass is 243 g/mol. The highest BCUT2D eigenvalue weighted by atomic mass is 35.5. The van der Waals surface area contributed by atoms with E-state index in [1.54, 1.807) is 16.7 Å². The van der Waals surface area contributed by atoms with Crippen molar-refractivity contribution >= 4 is 36.0 Å². The first kappa shape index (κ1) is 9.64. The third-order valence-electron chi connectivity index (χ3n) is 1.77. The summed E-state index contributed by atoms with van der Waals surface area (Å²) in [6.45, 7) is 0. The summed E-state index contributed by atoms with van der Waals surface area (Å²) in [7, 11) is 0. The van der Waals surface area contributed by atoms with Crippen LogP contribution in [0.15, 0.2) is 24.3 Å². The maximum absolute atomic E-state index is 5.78. The number of aromatic nitrogens is 3. The first-order chi connectivity index (χ1) is 6.68. The summed E-state index contributed by atoms with van der Waals surface area (Å²) in [5, 5.41) is 6.22. The van der Waals surface area contributed by atoms with E-state index in [1.165, 1.54) is 0 Å². The Morgan fingerprint density at radius 1 is 1.00 bits per heavy atom. The van der Waals surface area contributed by atoms with Gasteiger partial charge >= 0.3 is 0 Å². The van der Waals surface area contributed by atoms with Crippen LogP contribution in [0.5, 0.6) is 0 Å². The van der Waals surface area contributed by atoms with Gasteiger partial charge in [-0.25, -0.2) is 0 Å². The number of rotatable bonds is 1. The molecule has 6 heteroatoms. The van der Waals surface area contributed by atoms with Crippen LogP contribution in [0.25, 0.3) is 5.69 Å². The summed E-state index contributed by atoms with van der Waals surface area (Å²) in [5.41, 5.74) is 0.891. The van der Waals surface area contributed by atoms with Gasteiger partial charge in [0.25, 0.3) is 0 Å². The summed E-state index contributed by atoms with van der Waals surface area (Å²) < 4.78 is 2.80. The lowest BCUT2D eigenvalue weighted by Crippen LogP contribution is -1.93. The van der Waals surface area contributed by atoms with E-state index in [9.17, 15) is 0 Å². The van der Waals surface area contributed by atoms with E-state index >= 15 is 0 Å². The SMILES string of the molecule is S=c1[nH][nH]c(=S)n1-c1ccc(Cl)cc1. The van der Waals surface area contributed by atoms with Crippen molar-refractivity contribution in [2.75, 3.05) is 0 Å². The molecule has 0 unspecified atom stereocenters. The van der Waals surface area contributed by atoms with Crippen molar-refractivity contribution in [1.29, 1.82) is 0 Å². The lowest BCUT2D eigenvalue weighted by atomic mass is 10.3. The quantitative estimate of drug-likeness (QED) is 0.755. The fourth-order valence-electron chi connectivity index (χ4n) is 1.14. The number of aromatic amines is 2. The van der Waals surface area contributed by atoms with Gasteiger partial charge in [-0.1, -0.05) is 11.6 Å². The molecule has 72 valence electrons. The average molecular weight is 244 g/mol. The van der Waals surface area contributed by atoms with Crippen LogP contribution in [0, 0.1) is 9.54 Å². The number of hydrogen-bond donors (Lipinski definition) is 2.